The molecule has 0 fully saturated rings. The van der Waals surface area contributed by atoms with E-state index in [9.17, 15) is 9.90 Å². The van der Waals surface area contributed by atoms with E-state index in [1.54, 1.807) is 25.1 Å². The number of furan rings is 1. The van der Waals surface area contributed by atoms with Crippen molar-refractivity contribution in [3.63, 3.8) is 0 Å². The molecule has 0 saturated heterocycles. The Labute approximate surface area is 132 Å². The third kappa shape index (κ3) is 3.49. The minimum absolute atomic E-state index is 0.0271. The summed E-state index contributed by atoms with van der Waals surface area (Å²) in [5.74, 6) is 1.21. The molecule has 2 heterocycles. The van der Waals surface area contributed by atoms with Crippen molar-refractivity contribution in [3.8, 4) is 11.3 Å². The van der Waals surface area contributed by atoms with Crippen LogP contribution in [-0.4, -0.2) is 22.7 Å². The number of hydrogen-bond donors (Lipinski definition) is 2. The van der Waals surface area contributed by atoms with E-state index in [0.717, 1.165) is 5.56 Å². The van der Waals surface area contributed by atoms with Gasteiger partial charge in [0.1, 0.15) is 17.6 Å². The van der Waals surface area contributed by atoms with Crippen molar-refractivity contribution >= 4 is 5.91 Å². The fourth-order valence-electron chi connectivity index (χ4n) is 2.13. The maximum atomic E-state index is 12.1. The molecular formula is C17H16N2O4. The van der Waals surface area contributed by atoms with Gasteiger partial charge in [-0.3, -0.25) is 4.79 Å². The molecule has 0 aliphatic carbocycles. The van der Waals surface area contributed by atoms with Crippen LogP contribution in [0.25, 0.3) is 11.3 Å². The SMILES string of the molecule is Cc1ccc(C(O)CNC(=O)c2cc(-c3ccccc3)on2)o1. The molecular weight excluding hydrogens is 296 g/mol. The molecule has 0 saturated carbocycles. The van der Waals surface area contributed by atoms with Gasteiger partial charge in [0.05, 0.1) is 6.54 Å². The lowest BCUT2D eigenvalue weighted by Crippen LogP contribution is -2.28. The Hall–Kier alpha value is -2.86. The minimum Gasteiger partial charge on any atom is -0.464 e. The van der Waals surface area contributed by atoms with Crippen molar-refractivity contribution in [3.05, 3.63) is 65.7 Å². The van der Waals surface area contributed by atoms with Crippen molar-refractivity contribution in [1.29, 1.82) is 0 Å². The number of aromatic nitrogens is 1. The summed E-state index contributed by atoms with van der Waals surface area (Å²) in [6.07, 6.45) is -0.909. The van der Waals surface area contributed by atoms with Gasteiger partial charge in [0, 0.05) is 11.6 Å². The number of amides is 1. The van der Waals surface area contributed by atoms with Crippen LogP contribution >= 0.6 is 0 Å². The van der Waals surface area contributed by atoms with Crippen LogP contribution in [0.2, 0.25) is 0 Å². The molecule has 2 aromatic heterocycles. The molecule has 6 nitrogen and oxygen atoms in total. The van der Waals surface area contributed by atoms with E-state index in [1.165, 1.54) is 0 Å². The molecule has 2 N–H and O–H groups in total. The van der Waals surface area contributed by atoms with Gasteiger partial charge in [0.15, 0.2) is 11.5 Å². The first kappa shape index (κ1) is 15.1. The number of nitrogens with one attached hydrogen (secondary N) is 1. The first-order chi connectivity index (χ1) is 11.1. The lowest BCUT2D eigenvalue weighted by molar-refractivity contribution is 0.0891. The minimum atomic E-state index is -0.909. The highest BCUT2D eigenvalue weighted by atomic mass is 16.5. The molecule has 1 amide bonds. The number of rotatable bonds is 5. The first-order valence-corrected chi connectivity index (χ1v) is 7.18. The van der Waals surface area contributed by atoms with Gasteiger partial charge in [-0.25, -0.2) is 0 Å². The van der Waals surface area contributed by atoms with E-state index in [1.807, 2.05) is 30.3 Å². The summed E-state index contributed by atoms with van der Waals surface area (Å²) in [5.41, 5.74) is 0.997. The zero-order valence-electron chi connectivity index (χ0n) is 12.5. The van der Waals surface area contributed by atoms with Crippen molar-refractivity contribution in [1.82, 2.24) is 10.5 Å². The summed E-state index contributed by atoms with van der Waals surface area (Å²) in [7, 11) is 0. The van der Waals surface area contributed by atoms with Crippen LogP contribution < -0.4 is 5.32 Å². The van der Waals surface area contributed by atoms with Gasteiger partial charge in [0.2, 0.25) is 0 Å². The van der Waals surface area contributed by atoms with Crippen LogP contribution in [0.4, 0.5) is 0 Å². The molecule has 1 unspecified atom stereocenters. The Bertz CT molecular complexity index is 792. The molecule has 0 aliphatic heterocycles. The second kappa shape index (κ2) is 6.50. The van der Waals surface area contributed by atoms with Gasteiger partial charge in [-0.1, -0.05) is 35.5 Å². The highest BCUT2D eigenvalue weighted by molar-refractivity contribution is 5.93. The molecule has 118 valence electrons. The summed E-state index contributed by atoms with van der Waals surface area (Å²) >= 11 is 0. The van der Waals surface area contributed by atoms with Crippen LogP contribution in [0, 0.1) is 6.92 Å². The van der Waals surface area contributed by atoms with Gasteiger partial charge in [0.25, 0.3) is 5.91 Å². The van der Waals surface area contributed by atoms with Crippen LogP contribution in [0.3, 0.4) is 0 Å². The number of carbonyl (C=O) groups excluding carboxylic acids is 1. The Morgan fingerprint density at radius 1 is 1.26 bits per heavy atom. The fourth-order valence-corrected chi connectivity index (χ4v) is 2.13. The fraction of sp³-hybridized carbons (Fsp3) is 0.176. The predicted octanol–water partition coefficient (Wildman–Crippen LogP) is 2.71. The number of aliphatic hydroxyl groups is 1. The summed E-state index contributed by atoms with van der Waals surface area (Å²) in [6.45, 7) is 1.81. The van der Waals surface area contributed by atoms with Gasteiger partial charge in [-0.05, 0) is 19.1 Å². The zero-order valence-corrected chi connectivity index (χ0v) is 12.5. The zero-order chi connectivity index (χ0) is 16.2. The molecule has 0 bridgehead atoms. The van der Waals surface area contributed by atoms with E-state index in [2.05, 4.69) is 10.5 Å². The standard InChI is InChI=1S/C17H16N2O4/c1-11-7-8-15(22-11)14(20)10-18-17(21)13-9-16(23-19-13)12-5-3-2-4-6-12/h2-9,14,20H,10H2,1H3,(H,18,21). The molecule has 1 aromatic carbocycles. The summed E-state index contributed by atoms with van der Waals surface area (Å²) in [4.78, 5) is 12.1. The van der Waals surface area contributed by atoms with Crippen LogP contribution in [0.1, 0.15) is 28.1 Å². The predicted molar refractivity (Wildman–Crippen MR) is 82.7 cm³/mol. The number of nitrogens with zero attached hydrogens (tertiary/aromatic N) is 1. The van der Waals surface area contributed by atoms with E-state index >= 15 is 0 Å². The van der Waals surface area contributed by atoms with Crippen LogP contribution in [-0.2, 0) is 0 Å². The van der Waals surface area contributed by atoms with Crippen molar-refractivity contribution in [2.45, 2.75) is 13.0 Å². The van der Waals surface area contributed by atoms with Gasteiger partial charge >= 0.3 is 0 Å². The molecule has 0 aliphatic rings. The second-order valence-electron chi connectivity index (χ2n) is 5.12. The molecule has 3 rings (SSSR count). The maximum absolute atomic E-state index is 12.1. The molecule has 0 radical (unpaired) electrons. The van der Waals surface area contributed by atoms with E-state index in [-0.39, 0.29) is 12.2 Å². The Morgan fingerprint density at radius 2 is 2.04 bits per heavy atom. The smallest absolute Gasteiger partial charge is 0.273 e. The normalized spacial score (nSPS) is 12.1. The van der Waals surface area contributed by atoms with Crippen molar-refractivity contribution in [2.24, 2.45) is 0 Å². The van der Waals surface area contributed by atoms with Gasteiger partial charge in [-0.15, -0.1) is 0 Å². The van der Waals surface area contributed by atoms with Crippen molar-refractivity contribution < 1.29 is 18.8 Å². The number of benzene rings is 1. The highest BCUT2D eigenvalue weighted by Gasteiger charge is 2.17. The van der Waals surface area contributed by atoms with E-state index in [4.69, 9.17) is 8.94 Å². The Morgan fingerprint density at radius 3 is 2.74 bits per heavy atom. The van der Waals surface area contributed by atoms with E-state index in [0.29, 0.717) is 17.3 Å². The van der Waals surface area contributed by atoms with Crippen LogP contribution in [0.15, 0.2) is 57.5 Å². The average Bonchev–Trinajstić information content (AvgIpc) is 3.22. The lowest BCUT2D eigenvalue weighted by Gasteiger charge is -2.08. The third-order valence-corrected chi connectivity index (χ3v) is 3.35. The Balaban J connectivity index is 1.62. The van der Waals surface area contributed by atoms with Crippen LogP contribution in [0.5, 0.6) is 0 Å². The molecule has 1 atom stereocenters. The third-order valence-electron chi connectivity index (χ3n) is 3.35. The molecule has 6 heteroatoms. The maximum Gasteiger partial charge on any atom is 0.273 e. The summed E-state index contributed by atoms with van der Waals surface area (Å²) in [6, 6.07) is 14.4. The van der Waals surface area contributed by atoms with Gasteiger partial charge < -0.3 is 19.4 Å². The monoisotopic (exact) mass is 312 g/mol. The molecule has 23 heavy (non-hydrogen) atoms. The molecule has 0 spiro atoms. The summed E-state index contributed by atoms with van der Waals surface area (Å²) in [5, 5.41) is 16.3. The van der Waals surface area contributed by atoms with Crippen molar-refractivity contribution in [2.75, 3.05) is 6.54 Å². The summed E-state index contributed by atoms with van der Waals surface area (Å²) < 4.78 is 10.5. The molecule has 3 aromatic rings. The highest BCUT2D eigenvalue weighted by Crippen LogP contribution is 2.20. The first-order valence-electron chi connectivity index (χ1n) is 7.18. The number of aryl methyl sites for hydroxylation is 1. The number of aliphatic hydroxyl groups excluding tert-OH is 1. The van der Waals surface area contributed by atoms with E-state index < -0.39 is 12.0 Å². The Kier molecular flexibility index (Phi) is 4.25. The topological polar surface area (TPSA) is 88.5 Å². The largest absolute Gasteiger partial charge is 0.464 e. The lowest BCUT2D eigenvalue weighted by atomic mass is 10.1. The number of carbonyl (C=O) groups is 1. The quantitative estimate of drug-likeness (QED) is 0.756. The average molecular weight is 312 g/mol. The number of hydrogen-bond acceptors (Lipinski definition) is 5. The van der Waals surface area contributed by atoms with Gasteiger partial charge in [-0.2, -0.15) is 0 Å². The second-order valence-corrected chi connectivity index (χ2v) is 5.12.